The molecule has 0 heterocycles. The van der Waals surface area contributed by atoms with Gasteiger partial charge in [0, 0.05) is 17.7 Å². The summed E-state index contributed by atoms with van der Waals surface area (Å²) in [6, 6.07) is 12.0. The maximum Gasteiger partial charge on any atom is 0.164 e. The molecule has 2 heteroatoms. The first-order valence-electron chi connectivity index (χ1n) is 6.54. The predicted molar refractivity (Wildman–Crippen MR) is 80.4 cm³/mol. The first kappa shape index (κ1) is 13.3. The third-order valence-corrected chi connectivity index (χ3v) is 3.57. The molecule has 2 aromatic carbocycles. The zero-order valence-electron chi connectivity index (χ0n) is 11.7. The lowest BCUT2D eigenvalue weighted by molar-refractivity contribution is 0.0989. The van der Waals surface area contributed by atoms with Crippen LogP contribution in [0.3, 0.4) is 0 Å². The van der Waals surface area contributed by atoms with Crippen LogP contribution < -0.4 is 5.73 Å². The fourth-order valence-corrected chi connectivity index (χ4v) is 2.33. The van der Waals surface area contributed by atoms with E-state index < -0.39 is 0 Å². The van der Waals surface area contributed by atoms with Gasteiger partial charge in [0.05, 0.1) is 0 Å². The molecule has 0 unspecified atom stereocenters. The molecule has 0 aliphatic heterocycles. The third-order valence-electron chi connectivity index (χ3n) is 3.57. The summed E-state index contributed by atoms with van der Waals surface area (Å²) in [5, 5.41) is 0. The SMILES string of the molecule is CCC(=O)c1ccc(-c2ccccc2C)c(C)c1N. The fourth-order valence-electron chi connectivity index (χ4n) is 2.33. The molecule has 2 nitrogen and oxygen atoms in total. The minimum absolute atomic E-state index is 0.0944. The molecule has 2 N–H and O–H groups in total. The molecule has 19 heavy (non-hydrogen) atoms. The van der Waals surface area contributed by atoms with Crippen LogP contribution in [0.5, 0.6) is 0 Å². The summed E-state index contributed by atoms with van der Waals surface area (Å²) in [5.74, 6) is 0.0944. The Hall–Kier alpha value is -2.09. The largest absolute Gasteiger partial charge is 0.398 e. The van der Waals surface area contributed by atoms with Crippen LogP contribution in [0.2, 0.25) is 0 Å². The number of nitrogen functional groups attached to an aromatic ring is 1. The average molecular weight is 253 g/mol. The molecule has 0 radical (unpaired) electrons. The molecule has 0 amide bonds. The standard InChI is InChI=1S/C17H19NO/c1-4-16(19)15-10-9-14(12(3)17(15)18)13-8-6-5-7-11(13)2/h5-10H,4,18H2,1-3H3. The Morgan fingerprint density at radius 2 is 1.74 bits per heavy atom. The van der Waals surface area contributed by atoms with Gasteiger partial charge < -0.3 is 5.73 Å². The molecular weight excluding hydrogens is 234 g/mol. The summed E-state index contributed by atoms with van der Waals surface area (Å²) in [5.41, 5.74) is 11.8. The van der Waals surface area contributed by atoms with E-state index in [9.17, 15) is 4.79 Å². The van der Waals surface area contributed by atoms with Gasteiger partial charge in [-0.3, -0.25) is 4.79 Å². The highest BCUT2D eigenvalue weighted by atomic mass is 16.1. The van der Waals surface area contributed by atoms with Gasteiger partial charge in [-0.25, -0.2) is 0 Å². The van der Waals surface area contributed by atoms with Crippen molar-refractivity contribution in [3.8, 4) is 11.1 Å². The van der Waals surface area contributed by atoms with Crippen molar-refractivity contribution in [1.82, 2.24) is 0 Å². The molecular formula is C17H19NO. The Morgan fingerprint density at radius 3 is 2.37 bits per heavy atom. The summed E-state index contributed by atoms with van der Waals surface area (Å²) in [6.45, 7) is 5.91. The summed E-state index contributed by atoms with van der Waals surface area (Å²) >= 11 is 0. The molecule has 0 atom stereocenters. The van der Waals surface area contributed by atoms with Crippen LogP contribution in [0.15, 0.2) is 36.4 Å². The van der Waals surface area contributed by atoms with Crippen LogP contribution in [0.25, 0.3) is 11.1 Å². The number of Topliss-reactive ketones (excluding diaryl/α,β-unsaturated/α-hetero) is 1. The van der Waals surface area contributed by atoms with E-state index in [0.717, 1.165) is 11.1 Å². The summed E-state index contributed by atoms with van der Waals surface area (Å²) in [6.07, 6.45) is 0.480. The van der Waals surface area contributed by atoms with Crippen molar-refractivity contribution in [2.75, 3.05) is 5.73 Å². The van der Waals surface area contributed by atoms with Crippen LogP contribution in [0.4, 0.5) is 5.69 Å². The van der Waals surface area contributed by atoms with Crippen LogP contribution >= 0.6 is 0 Å². The molecule has 0 saturated carbocycles. The van der Waals surface area contributed by atoms with Crippen molar-refractivity contribution in [2.24, 2.45) is 0 Å². The number of aryl methyl sites for hydroxylation is 1. The third kappa shape index (κ3) is 2.39. The number of ketones is 1. The van der Waals surface area contributed by atoms with E-state index in [0.29, 0.717) is 17.7 Å². The summed E-state index contributed by atoms with van der Waals surface area (Å²) in [4.78, 5) is 11.8. The van der Waals surface area contributed by atoms with Gasteiger partial charge in [0.2, 0.25) is 0 Å². The number of hydrogen-bond donors (Lipinski definition) is 1. The number of carbonyl (C=O) groups is 1. The normalized spacial score (nSPS) is 10.5. The number of hydrogen-bond acceptors (Lipinski definition) is 2. The molecule has 0 aliphatic rings. The lowest BCUT2D eigenvalue weighted by atomic mass is 9.92. The van der Waals surface area contributed by atoms with Crippen molar-refractivity contribution in [2.45, 2.75) is 27.2 Å². The van der Waals surface area contributed by atoms with Gasteiger partial charge in [0.15, 0.2) is 5.78 Å². The smallest absolute Gasteiger partial charge is 0.164 e. The van der Waals surface area contributed by atoms with E-state index in [4.69, 9.17) is 5.73 Å². The number of benzene rings is 2. The predicted octanol–water partition coefficient (Wildman–Crippen LogP) is 4.15. The second-order valence-corrected chi connectivity index (χ2v) is 4.79. The van der Waals surface area contributed by atoms with Crippen molar-refractivity contribution in [1.29, 1.82) is 0 Å². The number of anilines is 1. The minimum Gasteiger partial charge on any atom is -0.398 e. The van der Waals surface area contributed by atoms with Gasteiger partial charge in [-0.05, 0) is 42.2 Å². The molecule has 0 spiro atoms. The van der Waals surface area contributed by atoms with Crippen LogP contribution in [0.1, 0.15) is 34.8 Å². The van der Waals surface area contributed by atoms with E-state index in [1.54, 1.807) is 0 Å². The highest BCUT2D eigenvalue weighted by Gasteiger charge is 2.13. The monoisotopic (exact) mass is 253 g/mol. The molecule has 2 aromatic rings. The van der Waals surface area contributed by atoms with Gasteiger partial charge in [-0.15, -0.1) is 0 Å². The highest BCUT2D eigenvalue weighted by molar-refractivity contribution is 6.02. The molecule has 0 fully saturated rings. The van der Waals surface area contributed by atoms with Crippen molar-refractivity contribution in [3.63, 3.8) is 0 Å². The Morgan fingerprint density at radius 1 is 1.05 bits per heavy atom. The summed E-state index contributed by atoms with van der Waals surface area (Å²) in [7, 11) is 0. The topological polar surface area (TPSA) is 43.1 Å². The molecule has 2 rings (SSSR count). The number of carbonyl (C=O) groups excluding carboxylic acids is 1. The fraction of sp³-hybridized carbons (Fsp3) is 0.235. The zero-order chi connectivity index (χ0) is 14.0. The van der Waals surface area contributed by atoms with Gasteiger partial charge in [0.25, 0.3) is 0 Å². The minimum atomic E-state index is 0.0944. The second-order valence-electron chi connectivity index (χ2n) is 4.79. The van der Waals surface area contributed by atoms with Crippen molar-refractivity contribution >= 4 is 11.5 Å². The van der Waals surface area contributed by atoms with Gasteiger partial charge in [0.1, 0.15) is 0 Å². The first-order chi connectivity index (χ1) is 9.06. The molecule has 0 aliphatic carbocycles. The maximum absolute atomic E-state index is 11.8. The molecule has 0 aromatic heterocycles. The molecule has 0 bridgehead atoms. The quantitative estimate of drug-likeness (QED) is 0.659. The zero-order valence-corrected chi connectivity index (χ0v) is 11.7. The van der Waals surface area contributed by atoms with E-state index in [-0.39, 0.29) is 5.78 Å². The number of nitrogens with two attached hydrogens (primary N) is 1. The molecule has 0 saturated heterocycles. The Labute approximate surface area is 114 Å². The van der Waals surface area contributed by atoms with Crippen molar-refractivity contribution < 1.29 is 4.79 Å². The average Bonchev–Trinajstić information content (AvgIpc) is 2.42. The van der Waals surface area contributed by atoms with Gasteiger partial charge in [-0.2, -0.15) is 0 Å². The van der Waals surface area contributed by atoms with Gasteiger partial charge >= 0.3 is 0 Å². The van der Waals surface area contributed by atoms with Crippen molar-refractivity contribution in [3.05, 3.63) is 53.1 Å². The van der Waals surface area contributed by atoms with Crippen LogP contribution in [-0.4, -0.2) is 5.78 Å². The Bertz CT molecular complexity index is 629. The molecule has 98 valence electrons. The van der Waals surface area contributed by atoms with E-state index in [1.807, 2.05) is 38.1 Å². The first-order valence-corrected chi connectivity index (χ1v) is 6.54. The van der Waals surface area contributed by atoms with E-state index >= 15 is 0 Å². The van der Waals surface area contributed by atoms with Crippen LogP contribution in [-0.2, 0) is 0 Å². The van der Waals surface area contributed by atoms with Gasteiger partial charge in [-0.1, -0.05) is 37.3 Å². The Balaban J connectivity index is 2.60. The maximum atomic E-state index is 11.8. The lowest BCUT2D eigenvalue weighted by Gasteiger charge is -2.14. The van der Waals surface area contributed by atoms with E-state index in [1.165, 1.54) is 11.1 Å². The van der Waals surface area contributed by atoms with Crippen LogP contribution in [0, 0.1) is 13.8 Å². The second kappa shape index (κ2) is 5.27. The lowest BCUT2D eigenvalue weighted by Crippen LogP contribution is -2.05. The highest BCUT2D eigenvalue weighted by Crippen LogP contribution is 2.31. The Kier molecular flexibility index (Phi) is 3.70. The van der Waals surface area contributed by atoms with E-state index in [2.05, 4.69) is 19.1 Å². The summed E-state index contributed by atoms with van der Waals surface area (Å²) < 4.78 is 0. The number of rotatable bonds is 3.